The number of rotatable bonds is 4. The summed E-state index contributed by atoms with van der Waals surface area (Å²) >= 11 is 5.95. The fourth-order valence-corrected chi connectivity index (χ4v) is 2.91. The first-order valence-electron chi connectivity index (χ1n) is 8.05. The van der Waals surface area contributed by atoms with Crippen LogP contribution in [0.5, 0.6) is 0 Å². The van der Waals surface area contributed by atoms with Crippen LogP contribution in [0.15, 0.2) is 55.1 Å². The predicted molar refractivity (Wildman–Crippen MR) is 108 cm³/mol. The number of halogens is 1. The number of nitrogens with one attached hydrogen (secondary N) is 1. The maximum Gasteiger partial charge on any atom is 0.166 e. The van der Waals surface area contributed by atoms with E-state index in [0.717, 1.165) is 5.56 Å². The van der Waals surface area contributed by atoms with Crippen molar-refractivity contribution in [2.75, 3.05) is 11.1 Å². The summed E-state index contributed by atoms with van der Waals surface area (Å²) in [5, 5.41) is 8.35. The van der Waals surface area contributed by atoms with Gasteiger partial charge in [-0.05, 0) is 30.7 Å². The molecule has 4 rings (SSSR count). The Kier molecular flexibility index (Phi) is 4.14. The van der Waals surface area contributed by atoms with Crippen LogP contribution in [0.3, 0.4) is 0 Å². The van der Waals surface area contributed by atoms with Gasteiger partial charge in [-0.3, -0.25) is 0 Å². The number of hydrogen-bond acceptors (Lipinski definition) is 6. The maximum absolute atomic E-state index is 6.08. The second-order valence-corrected chi connectivity index (χ2v) is 6.29. The SMILES string of the molecule is CC(Nc1cc(-c2c(N)nn3cccnc23)ncn1)c1ccc(Cl)cc1.[HH].[HH].[HH]. The molecule has 0 aliphatic rings. The molecule has 3 aromatic heterocycles. The molecule has 0 fully saturated rings. The van der Waals surface area contributed by atoms with Crippen molar-refractivity contribution in [3.05, 3.63) is 65.7 Å². The molecule has 8 heteroatoms. The first kappa shape index (κ1) is 16.3. The Morgan fingerprint density at radius 2 is 2.00 bits per heavy atom. The molecule has 0 radical (unpaired) electrons. The lowest BCUT2D eigenvalue weighted by Crippen LogP contribution is -2.08. The van der Waals surface area contributed by atoms with Crippen molar-refractivity contribution in [1.29, 1.82) is 0 Å². The second kappa shape index (κ2) is 6.61. The molecule has 0 saturated carbocycles. The van der Waals surface area contributed by atoms with Gasteiger partial charge in [0, 0.05) is 33.8 Å². The average molecular weight is 372 g/mol. The summed E-state index contributed by atoms with van der Waals surface area (Å²) in [6, 6.07) is 11.4. The Balaban J connectivity index is 0.00000140. The topological polar surface area (TPSA) is 94.0 Å². The number of benzene rings is 1. The van der Waals surface area contributed by atoms with Crippen molar-refractivity contribution < 1.29 is 4.28 Å². The monoisotopic (exact) mass is 371 g/mol. The van der Waals surface area contributed by atoms with E-state index < -0.39 is 0 Å². The summed E-state index contributed by atoms with van der Waals surface area (Å²) in [5.74, 6) is 1.06. The lowest BCUT2D eigenvalue weighted by Gasteiger charge is -2.15. The highest BCUT2D eigenvalue weighted by atomic mass is 35.5. The fourth-order valence-electron chi connectivity index (χ4n) is 2.78. The van der Waals surface area contributed by atoms with Gasteiger partial charge in [-0.1, -0.05) is 23.7 Å². The van der Waals surface area contributed by atoms with E-state index in [9.17, 15) is 0 Å². The zero-order valence-corrected chi connectivity index (χ0v) is 14.7. The largest absolute Gasteiger partial charge is 0.382 e. The average Bonchev–Trinajstić information content (AvgIpc) is 2.98. The van der Waals surface area contributed by atoms with Crippen molar-refractivity contribution in [3.8, 4) is 11.3 Å². The van der Waals surface area contributed by atoms with E-state index in [1.807, 2.05) is 30.3 Å². The van der Waals surface area contributed by atoms with Crippen LogP contribution in [-0.2, 0) is 0 Å². The van der Waals surface area contributed by atoms with Crippen molar-refractivity contribution in [2.45, 2.75) is 13.0 Å². The van der Waals surface area contributed by atoms with Crippen LogP contribution in [-0.4, -0.2) is 24.6 Å². The minimum Gasteiger partial charge on any atom is -0.382 e. The Labute approximate surface area is 159 Å². The molecule has 1 atom stereocenters. The van der Waals surface area contributed by atoms with Gasteiger partial charge in [0.1, 0.15) is 12.1 Å². The maximum atomic E-state index is 6.08. The number of aromatic nitrogens is 5. The third-order valence-electron chi connectivity index (χ3n) is 4.08. The van der Waals surface area contributed by atoms with E-state index >= 15 is 0 Å². The third-order valence-corrected chi connectivity index (χ3v) is 4.33. The minimum absolute atomic E-state index is 0. The lowest BCUT2D eigenvalue weighted by atomic mass is 10.1. The molecule has 0 saturated heterocycles. The summed E-state index contributed by atoms with van der Waals surface area (Å²) in [7, 11) is 0. The van der Waals surface area contributed by atoms with Crippen LogP contribution in [0.1, 0.15) is 22.8 Å². The molecule has 0 amide bonds. The molecule has 0 aliphatic carbocycles. The van der Waals surface area contributed by atoms with Gasteiger partial charge < -0.3 is 11.1 Å². The highest BCUT2D eigenvalue weighted by Crippen LogP contribution is 2.29. The summed E-state index contributed by atoms with van der Waals surface area (Å²) in [4.78, 5) is 13.0. The normalized spacial score (nSPS) is 12.2. The highest BCUT2D eigenvalue weighted by molar-refractivity contribution is 6.30. The summed E-state index contributed by atoms with van der Waals surface area (Å²) in [5.41, 5.74) is 9.19. The van der Waals surface area contributed by atoms with Crippen LogP contribution in [0.4, 0.5) is 11.6 Å². The first-order valence-corrected chi connectivity index (χ1v) is 8.43. The van der Waals surface area contributed by atoms with Crippen LogP contribution in [0.2, 0.25) is 5.02 Å². The van der Waals surface area contributed by atoms with Gasteiger partial charge in [0.25, 0.3) is 0 Å². The van der Waals surface area contributed by atoms with Crippen LogP contribution >= 0.6 is 11.6 Å². The van der Waals surface area contributed by atoms with Gasteiger partial charge in [-0.15, -0.1) is 5.10 Å². The fraction of sp³-hybridized carbons (Fsp3) is 0.111. The van der Waals surface area contributed by atoms with Gasteiger partial charge in [-0.2, -0.15) is 0 Å². The Bertz CT molecular complexity index is 1070. The number of nitrogen functional groups attached to an aromatic ring is 1. The van der Waals surface area contributed by atoms with Gasteiger partial charge in [0.15, 0.2) is 11.5 Å². The van der Waals surface area contributed by atoms with Gasteiger partial charge in [0.2, 0.25) is 0 Å². The molecular weight excluding hydrogens is 350 g/mol. The molecule has 4 aromatic rings. The van der Waals surface area contributed by atoms with Gasteiger partial charge >= 0.3 is 0 Å². The van der Waals surface area contributed by atoms with Crippen LogP contribution in [0, 0.1) is 0 Å². The molecule has 3 N–H and O–H groups in total. The second-order valence-electron chi connectivity index (χ2n) is 5.85. The molecule has 0 spiro atoms. The Morgan fingerprint density at radius 3 is 2.81 bits per heavy atom. The molecule has 26 heavy (non-hydrogen) atoms. The summed E-state index contributed by atoms with van der Waals surface area (Å²) in [6.45, 7) is 2.05. The van der Waals surface area contributed by atoms with Crippen molar-refractivity contribution in [2.24, 2.45) is 0 Å². The number of fused-ring (bicyclic) bond motifs is 1. The zero-order valence-electron chi connectivity index (χ0n) is 14.0. The molecule has 1 aromatic carbocycles. The van der Waals surface area contributed by atoms with E-state index in [2.05, 4.69) is 32.3 Å². The van der Waals surface area contributed by atoms with Crippen molar-refractivity contribution in [1.82, 2.24) is 24.6 Å². The quantitative estimate of drug-likeness (QED) is 0.554. The van der Waals surface area contributed by atoms with Crippen molar-refractivity contribution in [3.63, 3.8) is 0 Å². The van der Waals surface area contributed by atoms with Gasteiger partial charge in [-0.25, -0.2) is 19.5 Å². The smallest absolute Gasteiger partial charge is 0.166 e. The summed E-state index contributed by atoms with van der Waals surface area (Å²) < 4.78 is 1.64. The Hall–Kier alpha value is -3.19. The molecule has 1 unspecified atom stereocenters. The molecule has 136 valence electrons. The van der Waals surface area contributed by atoms with Crippen molar-refractivity contribution >= 4 is 28.9 Å². The number of anilines is 2. The molecule has 3 heterocycles. The van der Waals surface area contributed by atoms with Gasteiger partial charge in [0.05, 0.1) is 11.3 Å². The van der Waals surface area contributed by atoms with E-state index in [-0.39, 0.29) is 10.3 Å². The van der Waals surface area contributed by atoms with E-state index in [0.29, 0.717) is 33.6 Å². The van der Waals surface area contributed by atoms with Crippen LogP contribution < -0.4 is 11.1 Å². The lowest BCUT2D eigenvalue weighted by molar-refractivity contribution is 0.872. The predicted octanol–water partition coefficient (Wildman–Crippen LogP) is 4.33. The van der Waals surface area contributed by atoms with E-state index in [4.69, 9.17) is 17.3 Å². The highest BCUT2D eigenvalue weighted by Gasteiger charge is 2.16. The van der Waals surface area contributed by atoms with Crippen LogP contribution in [0.25, 0.3) is 16.9 Å². The van der Waals surface area contributed by atoms with E-state index in [1.54, 1.807) is 23.0 Å². The summed E-state index contributed by atoms with van der Waals surface area (Å²) in [6.07, 6.45) is 4.99. The molecular formula is C18H22ClN7. The standard InChI is InChI=1S/C18H16ClN7.3H2/c1-11(12-3-5-13(19)6-4-12)24-15-9-14(22-10-23-15)16-17(20)25-26-8-2-7-21-18(16)26;;;/h2-11H,1H3,(H2,20,25)(H,22,23,24);3*1H. The molecule has 0 bridgehead atoms. The molecule has 7 nitrogen and oxygen atoms in total. The van der Waals surface area contributed by atoms with E-state index in [1.165, 1.54) is 6.33 Å². The number of nitrogens with two attached hydrogens (primary N) is 1. The zero-order chi connectivity index (χ0) is 18.1. The minimum atomic E-state index is 0. The number of hydrogen-bond donors (Lipinski definition) is 2. The third kappa shape index (κ3) is 3.04. The first-order chi connectivity index (χ1) is 12.6. The Morgan fingerprint density at radius 1 is 1.19 bits per heavy atom. The molecule has 0 aliphatic heterocycles. The number of nitrogens with zero attached hydrogens (tertiary/aromatic N) is 5.